The number of halogens is 3. The first-order valence-corrected chi connectivity index (χ1v) is 6.96. The summed E-state index contributed by atoms with van der Waals surface area (Å²) in [5.74, 6) is -0.536. The molecule has 0 aliphatic carbocycles. The lowest BCUT2D eigenvalue weighted by Gasteiger charge is -2.29. The zero-order valence-corrected chi connectivity index (χ0v) is 12.7. The monoisotopic (exact) mass is 343 g/mol. The van der Waals surface area contributed by atoms with Crippen molar-refractivity contribution in [3.8, 4) is 0 Å². The summed E-state index contributed by atoms with van der Waals surface area (Å²) in [4.78, 5) is 19.0. The van der Waals surface area contributed by atoms with Gasteiger partial charge in [0.2, 0.25) is 5.60 Å². The second kappa shape index (κ2) is 6.87. The molecule has 7 nitrogen and oxygen atoms in total. The molecule has 130 valence electrons. The lowest BCUT2D eigenvalue weighted by atomic mass is 9.97. The summed E-state index contributed by atoms with van der Waals surface area (Å²) in [5.41, 5.74) is -2.72. The molecule has 0 spiro atoms. The van der Waals surface area contributed by atoms with Crippen LogP contribution < -0.4 is 10.6 Å². The molecule has 0 aliphatic heterocycles. The van der Waals surface area contributed by atoms with Gasteiger partial charge in [-0.2, -0.15) is 13.2 Å². The molecule has 0 saturated carbocycles. The fourth-order valence-electron chi connectivity index (χ4n) is 2.11. The topological polar surface area (TPSA) is 92.1 Å². The molecule has 0 saturated heterocycles. The SMILES string of the molecule is Cn1ccnc1[C@@](O)(CCNC(=O)Nc1ccncc1)C(F)(F)F. The number of anilines is 1. The molecule has 2 amide bonds. The fourth-order valence-corrected chi connectivity index (χ4v) is 2.11. The molecule has 0 radical (unpaired) electrons. The summed E-state index contributed by atoms with van der Waals surface area (Å²) >= 11 is 0. The number of carbonyl (C=O) groups excluding carboxylic acids is 1. The molecule has 2 aromatic heterocycles. The van der Waals surface area contributed by atoms with Crippen LogP contribution in [0, 0.1) is 0 Å². The minimum Gasteiger partial charge on any atom is -0.374 e. The normalized spacial score (nSPS) is 14.0. The number of hydrogen-bond acceptors (Lipinski definition) is 4. The van der Waals surface area contributed by atoms with Crippen LogP contribution in [0.25, 0.3) is 0 Å². The highest BCUT2D eigenvalue weighted by Gasteiger charge is 2.57. The lowest BCUT2D eigenvalue weighted by molar-refractivity contribution is -0.272. The highest BCUT2D eigenvalue weighted by molar-refractivity contribution is 5.89. The molecule has 2 heterocycles. The van der Waals surface area contributed by atoms with Gasteiger partial charge >= 0.3 is 12.2 Å². The van der Waals surface area contributed by atoms with Gasteiger partial charge in [-0.25, -0.2) is 9.78 Å². The summed E-state index contributed by atoms with van der Waals surface area (Å²) < 4.78 is 40.9. The van der Waals surface area contributed by atoms with Crippen molar-refractivity contribution in [3.05, 3.63) is 42.7 Å². The molecule has 0 aromatic carbocycles. The van der Waals surface area contributed by atoms with E-state index in [9.17, 15) is 23.1 Å². The quantitative estimate of drug-likeness (QED) is 0.772. The Bertz CT molecular complexity index is 689. The molecule has 1 atom stereocenters. The number of rotatable bonds is 5. The first-order valence-electron chi connectivity index (χ1n) is 6.96. The third-order valence-corrected chi connectivity index (χ3v) is 3.37. The van der Waals surface area contributed by atoms with Crippen molar-refractivity contribution in [2.45, 2.75) is 18.2 Å². The maximum absolute atomic E-state index is 13.3. The van der Waals surface area contributed by atoms with Gasteiger partial charge < -0.3 is 20.3 Å². The highest BCUT2D eigenvalue weighted by Crippen LogP contribution is 2.40. The van der Waals surface area contributed by atoms with Crippen LogP contribution >= 0.6 is 0 Å². The Morgan fingerprint density at radius 3 is 2.50 bits per heavy atom. The van der Waals surface area contributed by atoms with Crippen LogP contribution in [0.2, 0.25) is 0 Å². The molecular formula is C14H16F3N5O2. The van der Waals surface area contributed by atoms with Crippen LogP contribution in [-0.2, 0) is 12.6 Å². The number of urea groups is 1. The minimum absolute atomic E-state index is 0.403. The summed E-state index contributed by atoms with van der Waals surface area (Å²) in [7, 11) is 1.35. The number of nitrogens with one attached hydrogen (secondary N) is 2. The van der Waals surface area contributed by atoms with E-state index in [4.69, 9.17) is 0 Å². The number of aryl methyl sites for hydroxylation is 1. The van der Waals surface area contributed by atoms with Gasteiger partial charge in [0.1, 0.15) is 5.82 Å². The number of alkyl halides is 3. The summed E-state index contributed by atoms with van der Waals surface area (Å²) in [6, 6.07) is 2.37. The van der Waals surface area contributed by atoms with E-state index in [-0.39, 0.29) is 0 Å². The third kappa shape index (κ3) is 3.82. The molecule has 0 aliphatic rings. The zero-order chi connectivity index (χ0) is 17.8. The van der Waals surface area contributed by atoms with Crippen molar-refractivity contribution in [2.75, 3.05) is 11.9 Å². The molecule has 10 heteroatoms. The summed E-state index contributed by atoms with van der Waals surface area (Å²) in [6.07, 6.45) is -0.329. The first kappa shape index (κ1) is 17.7. The summed E-state index contributed by atoms with van der Waals surface area (Å²) in [5, 5.41) is 14.8. The lowest BCUT2D eigenvalue weighted by Crippen LogP contribution is -2.47. The van der Waals surface area contributed by atoms with Gasteiger partial charge in [-0.1, -0.05) is 0 Å². The van der Waals surface area contributed by atoms with Crippen molar-refractivity contribution in [1.82, 2.24) is 19.9 Å². The Morgan fingerprint density at radius 1 is 1.29 bits per heavy atom. The minimum atomic E-state index is -4.94. The highest BCUT2D eigenvalue weighted by atomic mass is 19.4. The Morgan fingerprint density at radius 2 is 1.96 bits per heavy atom. The maximum Gasteiger partial charge on any atom is 0.424 e. The van der Waals surface area contributed by atoms with E-state index < -0.39 is 36.6 Å². The van der Waals surface area contributed by atoms with Gasteiger partial charge in [0.05, 0.1) is 0 Å². The molecule has 0 unspecified atom stereocenters. The summed E-state index contributed by atoms with van der Waals surface area (Å²) in [6.45, 7) is -0.403. The largest absolute Gasteiger partial charge is 0.424 e. The first-order chi connectivity index (χ1) is 11.2. The van der Waals surface area contributed by atoms with Gasteiger partial charge in [-0.3, -0.25) is 4.98 Å². The van der Waals surface area contributed by atoms with E-state index in [1.165, 1.54) is 37.8 Å². The second-order valence-corrected chi connectivity index (χ2v) is 5.09. The van der Waals surface area contributed by atoms with Gasteiger partial charge in [0.15, 0.2) is 0 Å². The Balaban J connectivity index is 1.99. The van der Waals surface area contributed by atoms with E-state index in [0.29, 0.717) is 5.69 Å². The van der Waals surface area contributed by atoms with Crippen molar-refractivity contribution in [2.24, 2.45) is 7.05 Å². The van der Waals surface area contributed by atoms with E-state index in [0.717, 1.165) is 10.8 Å². The van der Waals surface area contributed by atoms with Crippen molar-refractivity contribution in [3.63, 3.8) is 0 Å². The van der Waals surface area contributed by atoms with Crippen LogP contribution in [0.1, 0.15) is 12.2 Å². The van der Waals surface area contributed by atoms with E-state index in [1.54, 1.807) is 0 Å². The van der Waals surface area contributed by atoms with Crippen LogP contribution in [0.15, 0.2) is 36.9 Å². The molecule has 24 heavy (non-hydrogen) atoms. The maximum atomic E-state index is 13.3. The standard InChI is InChI=1S/C14H16F3N5O2/c1-22-9-8-19-11(22)13(24,14(15,16)17)4-7-20-12(23)21-10-2-5-18-6-3-10/h2-3,5-6,8-9,24H,4,7H2,1H3,(H2,18,20,21,23)/t13-/m0/s1. The molecular weight excluding hydrogens is 327 g/mol. The fraction of sp³-hybridized carbons (Fsp3) is 0.357. The Kier molecular flexibility index (Phi) is 5.07. The number of amides is 2. The third-order valence-electron chi connectivity index (χ3n) is 3.37. The average Bonchev–Trinajstić information content (AvgIpc) is 2.93. The van der Waals surface area contributed by atoms with Gasteiger partial charge in [0, 0.05) is 50.5 Å². The van der Waals surface area contributed by atoms with Crippen molar-refractivity contribution >= 4 is 11.7 Å². The zero-order valence-electron chi connectivity index (χ0n) is 12.7. The van der Waals surface area contributed by atoms with E-state index in [2.05, 4.69) is 20.6 Å². The molecule has 2 aromatic rings. The van der Waals surface area contributed by atoms with Crippen LogP contribution in [-0.4, -0.2) is 38.4 Å². The van der Waals surface area contributed by atoms with Crippen molar-refractivity contribution in [1.29, 1.82) is 0 Å². The number of aromatic nitrogens is 3. The predicted molar refractivity (Wildman–Crippen MR) is 79.0 cm³/mol. The van der Waals surface area contributed by atoms with Crippen LogP contribution in [0.3, 0.4) is 0 Å². The Labute approximate surface area is 135 Å². The molecule has 0 fully saturated rings. The number of pyridine rings is 1. The second-order valence-electron chi connectivity index (χ2n) is 5.09. The molecule has 2 rings (SSSR count). The number of hydrogen-bond donors (Lipinski definition) is 3. The number of carbonyl (C=O) groups is 1. The average molecular weight is 343 g/mol. The number of imidazole rings is 1. The van der Waals surface area contributed by atoms with Gasteiger partial charge in [0.25, 0.3) is 0 Å². The number of aliphatic hydroxyl groups is 1. The number of nitrogens with zero attached hydrogens (tertiary/aromatic N) is 3. The van der Waals surface area contributed by atoms with Gasteiger partial charge in [-0.05, 0) is 12.1 Å². The predicted octanol–water partition coefficient (Wildman–Crippen LogP) is 1.78. The molecule has 3 N–H and O–H groups in total. The van der Waals surface area contributed by atoms with Crippen LogP contribution in [0.4, 0.5) is 23.7 Å². The van der Waals surface area contributed by atoms with E-state index in [1.807, 2.05) is 0 Å². The molecule has 0 bridgehead atoms. The Hall–Kier alpha value is -2.62. The van der Waals surface area contributed by atoms with E-state index >= 15 is 0 Å². The smallest absolute Gasteiger partial charge is 0.374 e. The van der Waals surface area contributed by atoms with Crippen molar-refractivity contribution < 1.29 is 23.1 Å². The van der Waals surface area contributed by atoms with Crippen LogP contribution in [0.5, 0.6) is 0 Å². The van der Waals surface area contributed by atoms with Gasteiger partial charge in [-0.15, -0.1) is 0 Å².